The van der Waals surface area contributed by atoms with Crippen molar-refractivity contribution >= 4 is 11.8 Å². The third kappa shape index (κ3) is 3.53. The van der Waals surface area contributed by atoms with Gasteiger partial charge in [-0.25, -0.2) is 0 Å². The minimum atomic E-state index is -0.139. The molecule has 26 heavy (non-hydrogen) atoms. The normalized spacial score (nSPS) is 24.8. The molecule has 7 heteroatoms. The van der Waals surface area contributed by atoms with Crippen LogP contribution in [0.1, 0.15) is 36.5 Å². The van der Waals surface area contributed by atoms with Crippen molar-refractivity contribution in [2.24, 2.45) is 0 Å². The van der Waals surface area contributed by atoms with Gasteiger partial charge in [-0.15, -0.1) is 6.58 Å². The molecule has 2 amide bonds. The van der Waals surface area contributed by atoms with E-state index in [1.165, 1.54) is 0 Å². The van der Waals surface area contributed by atoms with E-state index in [4.69, 9.17) is 0 Å². The zero-order valence-corrected chi connectivity index (χ0v) is 15.9. The fraction of sp³-hybridized carbons (Fsp3) is 0.632. The number of aromatic nitrogens is 2. The number of aryl methyl sites for hydroxylation is 1. The Morgan fingerprint density at radius 2 is 2.15 bits per heavy atom. The van der Waals surface area contributed by atoms with Gasteiger partial charge in [0.25, 0.3) is 5.91 Å². The average Bonchev–Trinajstić information content (AvgIpc) is 3.08. The van der Waals surface area contributed by atoms with Crippen molar-refractivity contribution in [1.82, 2.24) is 24.5 Å². The number of carbonyl (C=O) groups excluding carboxylic acids is 2. The van der Waals surface area contributed by atoms with Gasteiger partial charge in [-0.2, -0.15) is 5.10 Å². The average molecular weight is 359 g/mol. The molecule has 0 N–H and O–H groups in total. The molecule has 1 aromatic heterocycles. The first-order valence-electron chi connectivity index (χ1n) is 9.41. The predicted molar refractivity (Wildman–Crippen MR) is 99.8 cm³/mol. The van der Waals surface area contributed by atoms with Crippen LogP contribution in [0.15, 0.2) is 25.0 Å². The second-order valence-electron chi connectivity index (χ2n) is 7.34. The zero-order chi connectivity index (χ0) is 18.7. The summed E-state index contributed by atoms with van der Waals surface area (Å²) in [5.41, 5.74) is 0.504. The lowest BCUT2D eigenvalue weighted by molar-refractivity contribution is -0.130. The summed E-state index contributed by atoms with van der Waals surface area (Å²) in [6.45, 7) is 10.0. The Kier molecular flexibility index (Phi) is 5.46. The van der Waals surface area contributed by atoms with E-state index in [9.17, 15) is 9.59 Å². The standard InChI is InChI=1S/C19H29N5O2/c1-4-9-22-10-8-19(7-6-17(22)25)15-23(12-11-21(19)3)18(26)16-13-20-24(5-2)14-16/h4,13-14H,1,5-12,15H2,2-3H3. The van der Waals surface area contributed by atoms with Gasteiger partial charge in [-0.05, 0) is 26.8 Å². The molecule has 2 aliphatic rings. The molecule has 142 valence electrons. The van der Waals surface area contributed by atoms with Crippen LogP contribution in [0.25, 0.3) is 0 Å². The molecule has 1 aromatic rings. The molecule has 2 saturated heterocycles. The summed E-state index contributed by atoms with van der Waals surface area (Å²) in [4.78, 5) is 31.5. The summed E-state index contributed by atoms with van der Waals surface area (Å²) < 4.78 is 1.77. The van der Waals surface area contributed by atoms with E-state index in [1.807, 2.05) is 22.9 Å². The maximum atomic E-state index is 12.9. The minimum Gasteiger partial charge on any atom is -0.339 e. The summed E-state index contributed by atoms with van der Waals surface area (Å²) in [5, 5.41) is 4.22. The highest BCUT2D eigenvalue weighted by molar-refractivity contribution is 5.93. The molecule has 3 rings (SSSR count). The van der Waals surface area contributed by atoms with Crippen molar-refractivity contribution in [2.75, 3.05) is 39.8 Å². The van der Waals surface area contributed by atoms with E-state index >= 15 is 0 Å². The topological polar surface area (TPSA) is 61.7 Å². The molecule has 3 heterocycles. The molecular formula is C19H29N5O2. The molecule has 0 aliphatic carbocycles. The minimum absolute atomic E-state index is 0.0377. The number of rotatable bonds is 4. The predicted octanol–water partition coefficient (Wildman–Crippen LogP) is 1.23. The van der Waals surface area contributed by atoms with Gasteiger partial charge >= 0.3 is 0 Å². The second-order valence-corrected chi connectivity index (χ2v) is 7.34. The molecule has 7 nitrogen and oxygen atoms in total. The first-order valence-corrected chi connectivity index (χ1v) is 9.41. The van der Waals surface area contributed by atoms with Gasteiger partial charge in [0.1, 0.15) is 0 Å². The maximum Gasteiger partial charge on any atom is 0.257 e. The highest BCUT2D eigenvalue weighted by atomic mass is 16.2. The molecule has 0 bridgehead atoms. The van der Waals surface area contributed by atoms with E-state index < -0.39 is 0 Å². The van der Waals surface area contributed by atoms with E-state index in [1.54, 1.807) is 17.0 Å². The van der Waals surface area contributed by atoms with E-state index in [0.717, 1.165) is 25.9 Å². The van der Waals surface area contributed by atoms with Gasteiger partial charge in [0, 0.05) is 57.4 Å². The van der Waals surface area contributed by atoms with Crippen LogP contribution in [0, 0.1) is 0 Å². The number of piperazine rings is 1. The second kappa shape index (κ2) is 7.61. The third-order valence-corrected chi connectivity index (χ3v) is 5.85. The smallest absolute Gasteiger partial charge is 0.257 e. The quantitative estimate of drug-likeness (QED) is 0.759. The van der Waals surface area contributed by atoms with Crippen LogP contribution < -0.4 is 0 Å². The number of hydrogen-bond donors (Lipinski definition) is 0. The third-order valence-electron chi connectivity index (χ3n) is 5.85. The van der Waals surface area contributed by atoms with Crippen LogP contribution in [0.4, 0.5) is 0 Å². The lowest BCUT2D eigenvalue weighted by Crippen LogP contribution is -2.62. The van der Waals surface area contributed by atoms with Gasteiger partial charge in [0.15, 0.2) is 0 Å². The maximum absolute atomic E-state index is 12.9. The molecule has 1 spiro atoms. The largest absolute Gasteiger partial charge is 0.339 e. The van der Waals surface area contributed by atoms with Crippen LogP contribution in [0.2, 0.25) is 0 Å². The fourth-order valence-electron chi connectivity index (χ4n) is 4.05. The van der Waals surface area contributed by atoms with Gasteiger partial charge in [0.05, 0.1) is 11.8 Å². The van der Waals surface area contributed by atoms with Crippen LogP contribution >= 0.6 is 0 Å². The SMILES string of the molecule is C=CCN1CCC2(CCC1=O)CN(C(=O)c1cnn(CC)c1)CCN2C. The first-order chi connectivity index (χ1) is 12.5. The van der Waals surface area contributed by atoms with Gasteiger partial charge in [0.2, 0.25) is 5.91 Å². The summed E-state index contributed by atoms with van der Waals surface area (Å²) in [6.07, 6.45) is 7.43. The molecule has 1 unspecified atom stereocenters. The Hall–Kier alpha value is -2.15. The Bertz CT molecular complexity index is 685. The van der Waals surface area contributed by atoms with E-state index in [0.29, 0.717) is 38.2 Å². The summed E-state index contributed by atoms with van der Waals surface area (Å²) in [6, 6.07) is 0. The monoisotopic (exact) mass is 359 g/mol. The van der Waals surface area contributed by atoms with Gasteiger partial charge < -0.3 is 9.80 Å². The number of likely N-dealkylation sites (tertiary alicyclic amines) is 1. The number of carbonyl (C=O) groups is 2. The van der Waals surface area contributed by atoms with Crippen molar-refractivity contribution in [3.8, 4) is 0 Å². The van der Waals surface area contributed by atoms with Crippen LogP contribution in [-0.4, -0.2) is 81.6 Å². The zero-order valence-electron chi connectivity index (χ0n) is 15.9. The van der Waals surface area contributed by atoms with Crippen LogP contribution in [0.5, 0.6) is 0 Å². The molecule has 1 atom stereocenters. The van der Waals surface area contributed by atoms with Gasteiger partial charge in [-0.1, -0.05) is 6.08 Å². The van der Waals surface area contributed by atoms with E-state index in [-0.39, 0.29) is 17.4 Å². The highest BCUT2D eigenvalue weighted by Crippen LogP contribution is 2.32. The van der Waals surface area contributed by atoms with Crippen molar-refractivity contribution in [3.05, 3.63) is 30.6 Å². The molecule has 0 saturated carbocycles. The van der Waals surface area contributed by atoms with E-state index in [2.05, 4.69) is 23.6 Å². The molecule has 2 fully saturated rings. The van der Waals surface area contributed by atoms with Crippen molar-refractivity contribution < 1.29 is 9.59 Å². The molecular weight excluding hydrogens is 330 g/mol. The Balaban J connectivity index is 1.76. The molecule has 0 radical (unpaired) electrons. The Morgan fingerprint density at radius 1 is 1.35 bits per heavy atom. The molecule has 0 aromatic carbocycles. The molecule has 2 aliphatic heterocycles. The number of amides is 2. The van der Waals surface area contributed by atoms with Crippen LogP contribution in [-0.2, 0) is 11.3 Å². The lowest BCUT2D eigenvalue weighted by Gasteiger charge is -2.49. The Morgan fingerprint density at radius 3 is 2.85 bits per heavy atom. The fourth-order valence-corrected chi connectivity index (χ4v) is 4.05. The van der Waals surface area contributed by atoms with Crippen molar-refractivity contribution in [2.45, 2.75) is 38.3 Å². The summed E-state index contributed by atoms with van der Waals surface area (Å²) in [5.74, 6) is 0.221. The van der Waals surface area contributed by atoms with Crippen molar-refractivity contribution in [3.63, 3.8) is 0 Å². The lowest BCUT2D eigenvalue weighted by atomic mass is 9.86. The number of likely N-dealkylation sites (N-methyl/N-ethyl adjacent to an activating group) is 1. The number of hydrogen-bond acceptors (Lipinski definition) is 4. The summed E-state index contributed by atoms with van der Waals surface area (Å²) in [7, 11) is 2.12. The number of nitrogens with zero attached hydrogens (tertiary/aromatic N) is 5. The van der Waals surface area contributed by atoms with Gasteiger partial charge in [-0.3, -0.25) is 19.2 Å². The first kappa shape index (κ1) is 18.6. The summed E-state index contributed by atoms with van der Waals surface area (Å²) >= 11 is 0. The van der Waals surface area contributed by atoms with Crippen LogP contribution in [0.3, 0.4) is 0 Å². The Labute approximate surface area is 155 Å². The highest BCUT2D eigenvalue weighted by Gasteiger charge is 2.43. The van der Waals surface area contributed by atoms with Crippen molar-refractivity contribution in [1.29, 1.82) is 0 Å².